The van der Waals surface area contributed by atoms with Gasteiger partial charge in [-0.15, -0.1) is 0 Å². The van der Waals surface area contributed by atoms with Crippen LogP contribution in [0.5, 0.6) is 0 Å². The molecule has 1 aliphatic heterocycles. The zero-order valence-electron chi connectivity index (χ0n) is 13.2. The van der Waals surface area contributed by atoms with E-state index in [0.717, 1.165) is 0 Å². The summed E-state index contributed by atoms with van der Waals surface area (Å²) >= 11 is 0. The summed E-state index contributed by atoms with van der Waals surface area (Å²) in [4.78, 5) is 0. The first-order chi connectivity index (χ1) is 8.84. The largest absolute Gasteiger partial charge is 0.382 e. The number of rotatable bonds is 3. The van der Waals surface area contributed by atoms with Crippen molar-refractivity contribution in [2.75, 3.05) is 5.32 Å². The normalized spacial score (nSPS) is 26.7. The summed E-state index contributed by atoms with van der Waals surface area (Å²) in [6, 6.07) is 9.53. The summed E-state index contributed by atoms with van der Waals surface area (Å²) < 4.78 is 0. The highest BCUT2D eigenvalue weighted by Gasteiger charge is 2.38. The number of anilines is 1. The van der Waals surface area contributed by atoms with Crippen LogP contribution in [-0.4, -0.2) is 6.04 Å². The molecule has 0 radical (unpaired) electrons. The Balaban J connectivity index is 2.35. The Bertz CT molecular complexity index is 430. The van der Waals surface area contributed by atoms with Crippen molar-refractivity contribution in [2.45, 2.75) is 71.8 Å². The van der Waals surface area contributed by atoms with Crippen molar-refractivity contribution in [1.29, 1.82) is 0 Å². The monoisotopic (exact) mass is 259 g/mol. The maximum absolute atomic E-state index is 3.74. The summed E-state index contributed by atoms with van der Waals surface area (Å²) in [5.74, 6) is 0. The van der Waals surface area contributed by atoms with Gasteiger partial charge in [-0.1, -0.05) is 59.2 Å². The van der Waals surface area contributed by atoms with Crippen LogP contribution in [0.3, 0.4) is 0 Å². The van der Waals surface area contributed by atoms with E-state index in [9.17, 15) is 0 Å². The van der Waals surface area contributed by atoms with Crippen molar-refractivity contribution in [3.05, 3.63) is 29.8 Å². The van der Waals surface area contributed by atoms with E-state index in [0.29, 0.717) is 16.9 Å². The number of benzene rings is 1. The van der Waals surface area contributed by atoms with Crippen LogP contribution in [0, 0.1) is 5.41 Å². The third kappa shape index (κ3) is 3.32. The second-order valence-electron chi connectivity index (χ2n) is 7.68. The van der Waals surface area contributed by atoms with Crippen LogP contribution in [0.4, 0.5) is 5.69 Å². The molecule has 106 valence electrons. The molecule has 0 amide bonds. The van der Waals surface area contributed by atoms with Crippen LogP contribution in [0.1, 0.15) is 65.9 Å². The minimum absolute atomic E-state index is 0.305. The summed E-state index contributed by atoms with van der Waals surface area (Å²) in [5, 5.41) is 3.74. The summed E-state index contributed by atoms with van der Waals surface area (Å²) in [6.45, 7) is 11.8. The predicted octanol–water partition coefficient (Wildman–Crippen LogP) is 5.36. The Morgan fingerprint density at radius 1 is 1.26 bits per heavy atom. The van der Waals surface area contributed by atoms with Crippen LogP contribution in [0.15, 0.2) is 24.3 Å². The van der Waals surface area contributed by atoms with Crippen molar-refractivity contribution in [3.63, 3.8) is 0 Å². The number of nitrogens with one attached hydrogen (secondary N) is 1. The second kappa shape index (κ2) is 5.19. The van der Waals surface area contributed by atoms with Gasteiger partial charge < -0.3 is 5.32 Å². The van der Waals surface area contributed by atoms with Crippen LogP contribution >= 0.6 is 0 Å². The number of hydrogen-bond donors (Lipinski definition) is 1. The molecule has 2 unspecified atom stereocenters. The van der Waals surface area contributed by atoms with E-state index in [1.807, 2.05) is 0 Å². The molecule has 0 aliphatic carbocycles. The SMILES string of the molecule is CCCC1CC(C)(CC(C)(C)C)c2ccccc2N1. The molecule has 0 spiro atoms. The molecule has 2 atom stereocenters. The van der Waals surface area contributed by atoms with E-state index in [4.69, 9.17) is 0 Å². The first-order valence-electron chi connectivity index (χ1n) is 7.70. The van der Waals surface area contributed by atoms with Gasteiger partial charge >= 0.3 is 0 Å². The van der Waals surface area contributed by atoms with Crippen LogP contribution in [0.2, 0.25) is 0 Å². The second-order valence-corrected chi connectivity index (χ2v) is 7.68. The molecular formula is C18H29N. The van der Waals surface area contributed by atoms with Gasteiger partial charge in [-0.05, 0) is 41.7 Å². The Kier molecular flexibility index (Phi) is 3.94. The lowest BCUT2D eigenvalue weighted by Crippen LogP contribution is -2.40. The Morgan fingerprint density at radius 3 is 2.58 bits per heavy atom. The molecule has 1 aromatic carbocycles. The molecular weight excluding hydrogens is 230 g/mol. The molecule has 19 heavy (non-hydrogen) atoms. The van der Waals surface area contributed by atoms with Crippen molar-refractivity contribution < 1.29 is 0 Å². The summed E-state index contributed by atoms with van der Waals surface area (Å²) in [5.41, 5.74) is 3.55. The van der Waals surface area contributed by atoms with Gasteiger partial charge in [0.05, 0.1) is 0 Å². The molecule has 1 aromatic rings. The number of fused-ring (bicyclic) bond motifs is 1. The third-order valence-corrected chi connectivity index (χ3v) is 4.19. The van der Waals surface area contributed by atoms with Gasteiger partial charge in [-0.25, -0.2) is 0 Å². The molecule has 0 saturated carbocycles. The molecule has 1 heteroatoms. The fourth-order valence-corrected chi connectivity index (χ4v) is 3.92. The summed E-state index contributed by atoms with van der Waals surface area (Å²) in [6.07, 6.45) is 5.04. The molecule has 0 bridgehead atoms. The van der Waals surface area contributed by atoms with Gasteiger partial charge in [0, 0.05) is 11.7 Å². The standard InChI is InChI=1S/C18H29N/c1-6-9-14-12-18(5,13-17(2,3)4)15-10-7-8-11-16(15)19-14/h7-8,10-11,14,19H,6,9,12-13H2,1-5H3. The van der Waals surface area contributed by atoms with Gasteiger partial charge in [-0.2, -0.15) is 0 Å². The van der Waals surface area contributed by atoms with E-state index in [1.54, 1.807) is 0 Å². The number of hydrogen-bond acceptors (Lipinski definition) is 1. The summed E-state index contributed by atoms with van der Waals surface area (Å²) in [7, 11) is 0. The number of para-hydroxylation sites is 1. The van der Waals surface area contributed by atoms with E-state index in [-0.39, 0.29) is 0 Å². The highest BCUT2D eigenvalue weighted by molar-refractivity contribution is 5.57. The van der Waals surface area contributed by atoms with Crippen LogP contribution in [0.25, 0.3) is 0 Å². The molecule has 0 saturated heterocycles. The van der Waals surface area contributed by atoms with Crippen molar-refractivity contribution >= 4 is 5.69 Å². The van der Waals surface area contributed by atoms with Crippen LogP contribution < -0.4 is 5.32 Å². The smallest absolute Gasteiger partial charge is 0.0380 e. The Morgan fingerprint density at radius 2 is 1.95 bits per heavy atom. The molecule has 2 rings (SSSR count). The van der Waals surface area contributed by atoms with Gasteiger partial charge in [-0.3, -0.25) is 0 Å². The lowest BCUT2D eigenvalue weighted by Gasteiger charge is -2.44. The molecule has 1 heterocycles. The lowest BCUT2D eigenvalue weighted by atomic mass is 9.65. The predicted molar refractivity (Wildman–Crippen MR) is 84.8 cm³/mol. The van der Waals surface area contributed by atoms with E-state index in [2.05, 4.69) is 64.2 Å². The average Bonchev–Trinajstić information content (AvgIpc) is 2.26. The van der Waals surface area contributed by atoms with Gasteiger partial charge in [0.15, 0.2) is 0 Å². The fourth-order valence-electron chi connectivity index (χ4n) is 3.92. The van der Waals surface area contributed by atoms with Gasteiger partial charge in [0.2, 0.25) is 0 Å². The molecule has 0 aromatic heterocycles. The zero-order chi connectivity index (χ0) is 14.1. The molecule has 1 aliphatic rings. The molecule has 1 N–H and O–H groups in total. The van der Waals surface area contributed by atoms with E-state index in [1.165, 1.54) is 36.9 Å². The maximum atomic E-state index is 3.74. The highest BCUT2D eigenvalue weighted by atomic mass is 14.9. The quantitative estimate of drug-likeness (QED) is 0.770. The molecule has 0 fully saturated rings. The van der Waals surface area contributed by atoms with Crippen molar-refractivity contribution in [1.82, 2.24) is 0 Å². The topological polar surface area (TPSA) is 12.0 Å². The molecule has 1 nitrogen and oxygen atoms in total. The first-order valence-corrected chi connectivity index (χ1v) is 7.70. The highest BCUT2D eigenvalue weighted by Crippen LogP contribution is 2.46. The first kappa shape index (κ1) is 14.4. The average molecular weight is 259 g/mol. The maximum Gasteiger partial charge on any atom is 0.0380 e. The lowest BCUT2D eigenvalue weighted by molar-refractivity contribution is 0.239. The van der Waals surface area contributed by atoms with Gasteiger partial charge in [0.25, 0.3) is 0 Å². The van der Waals surface area contributed by atoms with E-state index < -0.39 is 0 Å². The minimum atomic E-state index is 0.305. The minimum Gasteiger partial charge on any atom is -0.382 e. The van der Waals surface area contributed by atoms with Gasteiger partial charge in [0.1, 0.15) is 0 Å². The van der Waals surface area contributed by atoms with Crippen molar-refractivity contribution in [2.24, 2.45) is 5.41 Å². The van der Waals surface area contributed by atoms with Crippen LogP contribution in [-0.2, 0) is 5.41 Å². The fraction of sp³-hybridized carbons (Fsp3) is 0.667. The Hall–Kier alpha value is -0.980. The Labute approximate surface area is 118 Å². The van der Waals surface area contributed by atoms with Crippen molar-refractivity contribution in [3.8, 4) is 0 Å². The third-order valence-electron chi connectivity index (χ3n) is 4.19. The zero-order valence-corrected chi connectivity index (χ0v) is 13.2. The van der Waals surface area contributed by atoms with E-state index >= 15 is 0 Å².